The lowest BCUT2D eigenvalue weighted by Gasteiger charge is -2.30. The quantitative estimate of drug-likeness (QED) is 0.364. The zero-order valence-corrected chi connectivity index (χ0v) is 22.5. The van der Waals surface area contributed by atoms with Crippen LogP contribution in [0.2, 0.25) is 0 Å². The number of halogens is 3. The number of rotatable bonds is 6. The van der Waals surface area contributed by atoms with Crippen molar-refractivity contribution < 1.29 is 46.5 Å². The van der Waals surface area contributed by atoms with Crippen LogP contribution in [0.15, 0.2) is 28.7 Å². The maximum atomic E-state index is 13.4. The van der Waals surface area contributed by atoms with Crippen LogP contribution in [0.5, 0.6) is 5.75 Å². The molecule has 3 aromatic rings. The zero-order valence-electron chi connectivity index (χ0n) is 22.5. The monoisotopic (exact) mass is 563 g/mol. The number of methoxy groups -OCH3 is 1. The number of nitrogens with zero attached hydrogens (tertiary/aromatic N) is 3. The number of carbonyl (C=O) groups excluding carboxylic acids is 1. The lowest BCUT2D eigenvalue weighted by Crippen LogP contribution is -2.39. The molecule has 1 aromatic carbocycles. The van der Waals surface area contributed by atoms with Crippen molar-refractivity contribution in [2.45, 2.75) is 45.9 Å². The Kier molecular flexibility index (Phi) is 7.79. The van der Waals surface area contributed by atoms with Crippen molar-refractivity contribution in [1.29, 1.82) is 0 Å². The Morgan fingerprint density at radius 3 is 2.48 bits per heavy atom. The maximum Gasteiger partial charge on any atom is 0.416 e. The molecule has 40 heavy (non-hydrogen) atoms. The molecule has 1 aliphatic heterocycles. The van der Waals surface area contributed by atoms with Crippen LogP contribution < -0.4 is 4.74 Å². The average molecular weight is 564 g/mol. The fraction of sp³-hybridized carbons (Fsp3) is 0.407. The topological polar surface area (TPSA) is 124 Å². The van der Waals surface area contributed by atoms with Crippen LogP contribution >= 0.6 is 0 Å². The van der Waals surface area contributed by atoms with E-state index in [-0.39, 0.29) is 52.6 Å². The van der Waals surface area contributed by atoms with E-state index in [1.54, 1.807) is 26.8 Å². The van der Waals surface area contributed by atoms with Crippen molar-refractivity contribution in [3.8, 4) is 17.0 Å². The first kappa shape index (κ1) is 28.9. The molecule has 0 fully saturated rings. The van der Waals surface area contributed by atoms with Crippen LogP contribution in [0.3, 0.4) is 0 Å². The van der Waals surface area contributed by atoms with Gasteiger partial charge in [0.2, 0.25) is 5.76 Å². The van der Waals surface area contributed by atoms with Crippen molar-refractivity contribution in [3.63, 3.8) is 0 Å². The van der Waals surface area contributed by atoms with Crippen molar-refractivity contribution >= 4 is 28.7 Å². The fourth-order valence-electron chi connectivity index (χ4n) is 4.35. The Labute approximate surface area is 227 Å². The van der Waals surface area contributed by atoms with Gasteiger partial charge in [-0.15, -0.1) is 10.2 Å². The van der Waals surface area contributed by atoms with Gasteiger partial charge in [-0.1, -0.05) is 6.08 Å². The van der Waals surface area contributed by atoms with Gasteiger partial charge in [-0.05, 0) is 57.4 Å². The Hall–Kier alpha value is -4.13. The minimum Gasteiger partial charge on any atom is -0.475 e. The van der Waals surface area contributed by atoms with Gasteiger partial charge in [0.25, 0.3) is 0 Å². The van der Waals surface area contributed by atoms with Crippen LogP contribution in [0, 0.1) is 6.92 Å². The third-order valence-electron chi connectivity index (χ3n) is 5.97. The van der Waals surface area contributed by atoms with E-state index in [9.17, 15) is 27.9 Å². The van der Waals surface area contributed by atoms with Crippen molar-refractivity contribution in [1.82, 2.24) is 15.1 Å². The molecule has 0 radical (unpaired) electrons. The van der Waals surface area contributed by atoms with E-state index in [0.717, 1.165) is 12.1 Å². The lowest BCUT2D eigenvalue weighted by molar-refractivity contribution is -0.137. The first-order chi connectivity index (χ1) is 18.7. The molecule has 10 nitrogen and oxygen atoms in total. The molecule has 0 saturated heterocycles. The summed E-state index contributed by atoms with van der Waals surface area (Å²) in [6.45, 7) is 6.81. The molecule has 214 valence electrons. The second kappa shape index (κ2) is 10.8. The predicted molar refractivity (Wildman–Crippen MR) is 137 cm³/mol. The van der Waals surface area contributed by atoms with E-state index in [2.05, 4.69) is 10.2 Å². The smallest absolute Gasteiger partial charge is 0.416 e. The van der Waals surface area contributed by atoms with Crippen LogP contribution in [0.4, 0.5) is 18.0 Å². The number of amides is 1. The summed E-state index contributed by atoms with van der Waals surface area (Å²) in [6.07, 6.45) is -2.92. The van der Waals surface area contributed by atoms with Crippen molar-refractivity contribution in [3.05, 3.63) is 46.7 Å². The number of aromatic nitrogens is 2. The number of carboxylic acid groups (broad SMARTS) is 1. The summed E-state index contributed by atoms with van der Waals surface area (Å²) in [5.74, 6) is -1.91. The molecule has 0 bridgehead atoms. The summed E-state index contributed by atoms with van der Waals surface area (Å²) in [6, 6.07) is 3.18. The highest BCUT2D eigenvalue weighted by molar-refractivity contribution is 6.02. The molecule has 0 saturated carbocycles. The molecular formula is C27H28F3N3O7. The average Bonchev–Trinajstić information content (AvgIpc) is 3.25. The van der Waals surface area contributed by atoms with Crippen molar-refractivity contribution in [2.24, 2.45) is 0 Å². The Morgan fingerprint density at radius 1 is 1.12 bits per heavy atom. The molecule has 0 unspecified atom stereocenters. The molecule has 2 aromatic heterocycles. The minimum atomic E-state index is -4.61. The Bertz CT molecular complexity index is 1490. The minimum absolute atomic E-state index is 0.0460. The third kappa shape index (κ3) is 6.03. The Balaban J connectivity index is 1.79. The van der Waals surface area contributed by atoms with Gasteiger partial charge in [-0.2, -0.15) is 13.2 Å². The summed E-state index contributed by atoms with van der Waals surface area (Å²) in [7, 11) is 1.33. The van der Waals surface area contributed by atoms with Crippen molar-refractivity contribution in [2.75, 3.05) is 27.0 Å². The molecule has 13 heteroatoms. The zero-order chi connectivity index (χ0) is 29.4. The first-order valence-electron chi connectivity index (χ1n) is 12.2. The van der Waals surface area contributed by atoms with Gasteiger partial charge in [-0.3, -0.25) is 0 Å². The van der Waals surface area contributed by atoms with Gasteiger partial charge in [0.15, 0.2) is 12.4 Å². The van der Waals surface area contributed by atoms with E-state index >= 15 is 0 Å². The van der Waals surface area contributed by atoms with Crippen LogP contribution in [-0.4, -0.2) is 64.9 Å². The maximum absolute atomic E-state index is 13.4. The highest BCUT2D eigenvalue weighted by atomic mass is 19.4. The normalized spacial score (nSPS) is 14.3. The summed E-state index contributed by atoms with van der Waals surface area (Å²) < 4.78 is 61.8. The third-order valence-corrected chi connectivity index (χ3v) is 5.97. The predicted octanol–water partition coefficient (Wildman–Crippen LogP) is 5.92. The SMILES string of the molecule is COCOc1cc(C(F)(F)F)cc(C)c1-c1cc2oc(C(=O)O)c(C3=CCCN(C(=O)OC(C)(C)C)C3)c2nn1. The van der Waals surface area contributed by atoms with E-state index in [1.165, 1.54) is 25.0 Å². The number of furan rings is 1. The van der Waals surface area contributed by atoms with Crippen LogP contribution in [0.25, 0.3) is 27.9 Å². The second-order valence-corrected chi connectivity index (χ2v) is 10.2. The number of carboxylic acids is 1. The highest BCUT2D eigenvalue weighted by Crippen LogP contribution is 2.41. The lowest BCUT2D eigenvalue weighted by atomic mass is 9.99. The van der Waals surface area contributed by atoms with Gasteiger partial charge >= 0.3 is 18.2 Å². The number of hydrogen-bond donors (Lipinski definition) is 1. The highest BCUT2D eigenvalue weighted by Gasteiger charge is 2.34. The number of hydrogen-bond acceptors (Lipinski definition) is 8. The molecule has 0 spiro atoms. The van der Waals surface area contributed by atoms with E-state index in [1.807, 2.05) is 0 Å². The number of carbonyl (C=O) groups is 2. The van der Waals surface area contributed by atoms with Gasteiger partial charge in [0.1, 0.15) is 22.6 Å². The van der Waals surface area contributed by atoms with Gasteiger partial charge in [0.05, 0.1) is 11.1 Å². The number of fused-ring (bicyclic) bond motifs is 1. The number of alkyl halides is 3. The van der Waals surface area contributed by atoms with Crippen LogP contribution in [0.1, 0.15) is 54.4 Å². The van der Waals surface area contributed by atoms with Crippen LogP contribution in [-0.2, 0) is 15.7 Å². The largest absolute Gasteiger partial charge is 0.475 e. The van der Waals surface area contributed by atoms with E-state index < -0.39 is 35.2 Å². The van der Waals surface area contributed by atoms with Gasteiger partial charge in [0, 0.05) is 31.8 Å². The first-order valence-corrected chi connectivity index (χ1v) is 12.2. The fourth-order valence-corrected chi connectivity index (χ4v) is 4.35. The molecule has 0 aliphatic carbocycles. The summed E-state index contributed by atoms with van der Waals surface area (Å²) in [5.41, 5.74) is -0.287. The standard InChI is InChI=1S/C27H28F3N3O7/c1-14-9-16(27(28,29)30)10-18(38-13-37-5)20(14)17-11-19-22(32-31-17)21(23(39-19)24(34)35)15-7-6-8-33(12-15)25(36)40-26(2,3)4/h7,9-11H,6,8,12-13H2,1-5H3,(H,34,35). The summed E-state index contributed by atoms with van der Waals surface area (Å²) in [5, 5.41) is 18.3. The Morgan fingerprint density at radius 2 is 1.85 bits per heavy atom. The molecule has 1 N–H and O–H groups in total. The van der Waals surface area contributed by atoms with E-state index in [4.69, 9.17) is 18.6 Å². The molecular weight excluding hydrogens is 535 g/mol. The summed E-state index contributed by atoms with van der Waals surface area (Å²) in [4.78, 5) is 26.2. The molecule has 0 atom stereocenters. The van der Waals surface area contributed by atoms with E-state index in [0.29, 0.717) is 18.5 Å². The molecule has 1 amide bonds. The second-order valence-electron chi connectivity index (χ2n) is 10.2. The molecule has 1 aliphatic rings. The number of aryl methyl sites for hydroxylation is 1. The molecule has 3 heterocycles. The number of aromatic carboxylic acids is 1. The van der Waals surface area contributed by atoms with Gasteiger partial charge < -0.3 is 28.6 Å². The number of ether oxygens (including phenoxy) is 3. The number of benzene rings is 1. The summed E-state index contributed by atoms with van der Waals surface area (Å²) >= 11 is 0. The molecule has 4 rings (SSSR count). The van der Waals surface area contributed by atoms with Gasteiger partial charge in [-0.25, -0.2) is 9.59 Å².